The van der Waals surface area contributed by atoms with Crippen molar-refractivity contribution in [1.29, 1.82) is 0 Å². The van der Waals surface area contributed by atoms with Crippen LogP contribution in [0.2, 0.25) is 0 Å². The first-order valence-corrected chi connectivity index (χ1v) is 2.36. The summed E-state index contributed by atoms with van der Waals surface area (Å²) in [4.78, 5) is 9.70. The number of hydrogen-bond donors (Lipinski definition) is 2. The van der Waals surface area contributed by atoms with Crippen LogP contribution in [0.15, 0.2) is 0 Å². The second kappa shape index (κ2) is 4.20. The number of carboxylic acids is 1. The highest BCUT2D eigenvalue weighted by atomic mass is 19.3. The fourth-order valence-electron chi connectivity index (χ4n) is 0.288. The Balaban J connectivity index is 3.01. The summed E-state index contributed by atoms with van der Waals surface area (Å²) in [6.45, 7) is -2.81. The summed E-state index contributed by atoms with van der Waals surface area (Å²) >= 11 is 0. The summed E-state index contributed by atoms with van der Waals surface area (Å²) in [5, 5.41) is 9.60. The number of alkyl halides is 2. The second-order valence-electron chi connectivity index (χ2n) is 1.40. The highest BCUT2D eigenvalue weighted by molar-refractivity contribution is 5.66. The minimum atomic E-state index is -2.62. The van der Waals surface area contributed by atoms with Gasteiger partial charge >= 0.3 is 5.97 Å². The second-order valence-corrected chi connectivity index (χ2v) is 1.40. The first kappa shape index (κ1) is 8.29. The Labute approximate surface area is 50.7 Å². The molecule has 0 bridgehead atoms. The zero-order valence-electron chi connectivity index (χ0n) is 4.60. The molecule has 2 N–H and O–H groups in total. The number of halogens is 2. The van der Waals surface area contributed by atoms with Crippen molar-refractivity contribution in [1.82, 2.24) is 5.32 Å². The summed E-state index contributed by atoms with van der Waals surface area (Å²) in [5.74, 6) is -1.08. The predicted molar refractivity (Wildman–Crippen MR) is 26.3 cm³/mol. The Hall–Kier alpha value is -0.710. The lowest BCUT2D eigenvalue weighted by atomic mass is 10.4. The van der Waals surface area contributed by atoms with E-state index in [4.69, 9.17) is 5.11 Å². The van der Waals surface area contributed by atoms with Crippen molar-refractivity contribution in [2.75, 3.05) is 6.54 Å². The Kier molecular flexibility index (Phi) is 3.87. The maximum absolute atomic E-state index is 11.2. The summed E-state index contributed by atoms with van der Waals surface area (Å²) in [5.41, 5.74) is 0. The lowest BCUT2D eigenvalue weighted by Crippen LogP contribution is -2.23. The molecule has 0 saturated heterocycles. The first-order valence-electron chi connectivity index (χ1n) is 2.36. The summed E-state index contributed by atoms with van der Waals surface area (Å²) in [6, 6.07) is 0. The summed E-state index contributed by atoms with van der Waals surface area (Å²) in [6.07, 6.45) is -0.273. The molecule has 9 heavy (non-hydrogen) atoms. The molecule has 0 aromatic heterocycles. The smallest absolute Gasteiger partial charge is 0.304 e. The van der Waals surface area contributed by atoms with Crippen molar-refractivity contribution < 1.29 is 18.7 Å². The van der Waals surface area contributed by atoms with Crippen LogP contribution in [0, 0.1) is 0 Å². The van der Waals surface area contributed by atoms with Gasteiger partial charge in [0.2, 0.25) is 0 Å². The fraction of sp³-hybridized carbons (Fsp3) is 0.750. The normalized spacial score (nSPS) is 10.1. The molecule has 0 heterocycles. The van der Waals surface area contributed by atoms with Crippen LogP contribution < -0.4 is 5.32 Å². The van der Waals surface area contributed by atoms with Crippen molar-refractivity contribution in [3.8, 4) is 0 Å². The summed E-state index contributed by atoms with van der Waals surface area (Å²) < 4.78 is 22.4. The lowest BCUT2D eigenvalue weighted by molar-refractivity contribution is -0.137. The quantitative estimate of drug-likeness (QED) is 0.550. The highest BCUT2D eigenvalue weighted by Crippen LogP contribution is 1.84. The van der Waals surface area contributed by atoms with Crippen molar-refractivity contribution in [2.24, 2.45) is 0 Å². The summed E-state index contributed by atoms with van der Waals surface area (Å²) in [7, 11) is 0. The lowest BCUT2D eigenvalue weighted by Gasteiger charge is -1.97. The van der Waals surface area contributed by atoms with Gasteiger partial charge in [0.05, 0.1) is 6.42 Å². The number of carboxylic acid groups (broad SMARTS) is 1. The Bertz CT molecular complexity index is 96.6. The number of nitrogens with one attached hydrogen (secondary N) is 1. The Morgan fingerprint density at radius 2 is 2.22 bits per heavy atom. The van der Waals surface area contributed by atoms with E-state index in [1.807, 2.05) is 0 Å². The van der Waals surface area contributed by atoms with Gasteiger partial charge in [0.1, 0.15) is 0 Å². The van der Waals surface area contributed by atoms with E-state index >= 15 is 0 Å². The van der Waals surface area contributed by atoms with E-state index in [1.165, 1.54) is 0 Å². The minimum absolute atomic E-state index is 0.188. The minimum Gasteiger partial charge on any atom is -0.481 e. The van der Waals surface area contributed by atoms with Crippen LogP contribution in [-0.2, 0) is 4.79 Å². The third-order valence-corrected chi connectivity index (χ3v) is 0.638. The Morgan fingerprint density at radius 3 is 2.56 bits per heavy atom. The molecule has 0 aliphatic heterocycles. The molecule has 0 fully saturated rings. The fourth-order valence-corrected chi connectivity index (χ4v) is 0.288. The average molecular weight is 139 g/mol. The number of aliphatic carboxylic acids is 1. The molecule has 3 nitrogen and oxygen atoms in total. The first-order chi connectivity index (χ1) is 4.13. The molecule has 0 aliphatic carbocycles. The standard InChI is InChI=1S/C4H7F2NO2/c5-4(6)7-2-1-3(8)9/h4,7H,1-2H2,(H,8,9). The van der Waals surface area contributed by atoms with Gasteiger partial charge < -0.3 is 5.11 Å². The van der Waals surface area contributed by atoms with Crippen LogP contribution in [-0.4, -0.2) is 24.2 Å². The molecule has 0 atom stereocenters. The predicted octanol–water partition coefficient (Wildman–Crippen LogP) is 0.273. The SMILES string of the molecule is O=C(O)CCNC(F)F. The zero-order chi connectivity index (χ0) is 7.28. The van der Waals surface area contributed by atoms with Gasteiger partial charge in [-0.25, -0.2) is 0 Å². The van der Waals surface area contributed by atoms with Gasteiger partial charge in [-0.2, -0.15) is 8.78 Å². The molecule has 0 aromatic carbocycles. The molecule has 0 aliphatic rings. The maximum atomic E-state index is 11.2. The van der Waals surface area contributed by atoms with E-state index in [1.54, 1.807) is 5.32 Å². The van der Waals surface area contributed by atoms with Gasteiger partial charge in [-0.3, -0.25) is 10.1 Å². The maximum Gasteiger partial charge on any atom is 0.304 e. The number of carbonyl (C=O) groups is 1. The highest BCUT2D eigenvalue weighted by Gasteiger charge is 2.00. The Morgan fingerprint density at radius 1 is 1.67 bits per heavy atom. The van der Waals surface area contributed by atoms with Crippen LogP contribution in [0.3, 0.4) is 0 Å². The molecule has 0 radical (unpaired) electrons. The molecular weight excluding hydrogens is 132 g/mol. The van der Waals surface area contributed by atoms with E-state index in [2.05, 4.69) is 0 Å². The molecule has 0 unspecified atom stereocenters. The molecule has 0 saturated carbocycles. The molecule has 0 aromatic rings. The van der Waals surface area contributed by atoms with E-state index in [0.29, 0.717) is 0 Å². The zero-order valence-corrected chi connectivity index (χ0v) is 4.60. The van der Waals surface area contributed by atoms with Crippen LogP contribution in [0.1, 0.15) is 6.42 Å². The van der Waals surface area contributed by atoms with Crippen molar-refractivity contribution in [3.05, 3.63) is 0 Å². The number of rotatable bonds is 4. The molecule has 0 spiro atoms. The van der Waals surface area contributed by atoms with Crippen molar-refractivity contribution >= 4 is 5.97 Å². The van der Waals surface area contributed by atoms with Gasteiger partial charge in [-0.05, 0) is 0 Å². The van der Waals surface area contributed by atoms with E-state index in [0.717, 1.165) is 0 Å². The van der Waals surface area contributed by atoms with Gasteiger partial charge in [-0.1, -0.05) is 0 Å². The van der Waals surface area contributed by atoms with Crippen LogP contribution in [0.5, 0.6) is 0 Å². The third-order valence-electron chi connectivity index (χ3n) is 0.638. The van der Waals surface area contributed by atoms with Crippen LogP contribution in [0.4, 0.5) is 8.78 Å². The monoisotopic (exact) mass is 139 g/mol. The van der Waals surface area contributed by atoms with Gasteiger partial charge in [0, 0.05) is 6.54 Å². The third kappa shape index (κ3) is 7.29. The average Bonchev–Trinajstić information content (AvgIpc) is 1.63. The molecule has 54 valence electrons. The van der Waals surface area contributed by atoms with Crippen LogP contribution >= 0.6 is 0 Å². The van der Waals surface area contributed by atoms with Gasteiger partial charge in [-0.15, -0.1) is 0 Å². The largest absolute Gasteiger partial charge is 0.481 e. The van der Waals surface area contributed by atoms with Crippen LogP contribution in [0.25, 0.3) is 0 Å². The van der Waals surface area contributed by atoms with Crippen molar-refractivity contribution in [3.63, 3.8) is 0 Å². The topological polar surface area (TPSA) is 49.3 Å². The van der Waals surface area contributed by atoms with E-state index < -0.39 is 12.5 Å². The molecule has 5 heteroatoms. The number of hydrogen-bond acceptors (Lipinski definition) is 2. The molecule has 0 amide bonds. The van der Waals surface area contributed by atoms with E-state index in [-0.39, 0.29) is 13.0 Å². The van der Waals surface area contributed by atoms with E-state index in [9.17, 15) is 13.6 Å². The molecular formula is C4H7F2NO2. The van der Waals surface area contributed by atoms with Gasteiger partial charge in [0.25, 0.3) is 6.55 Å². The van der Waals surface area contributed by atoms with Crippen molar-refractivity contribution in [2.45, 2.75) is 13.0 Å². The van der Waals surface area contributed by atoms with Gasteiger partial charge in [0.15, 0.2) is 0 Å². The molecule has 0 rings (SSSR count).